The molecule has 0 aliphatic carbocycles. The molecule has 2 rings (SSSR count). The normalized spacial score (nSPS) is 12.9. The number of nitrogens with zero attached hydrogens (tertiary/aromatic N) is 1. The molecule has 25 heavy (non-hydrogen) atoms. The van der Waals surface area contributed by atoms with Crippen LogP contribution in [0.25, 0.3) is 5.57 Å². The van der Waals surface area contributed by atoms with Crippen molar-refractivity contribution < 1.29 is 0 Å². The van der Waals surface area contributed by atoms with E-state index in [1.165, 1.54) is 0 Å². The molecule has 1 nitrogen and oxygen atoms in total. The van der Waals surface area contributed by atoms with Gasteiger partial charge in [-0.3, -0.25) is 4.99 Å². The van der Waals surface area contributed by atoms with Gasteiger partial charge in [-0.15, -0.1) is 0 Å². The molecule has 2 aromatic rings. The van der Waals surface area contributed by atoms with Gasteiger partial charge in [0, 0.05) is 17.8 Å². The number of allylic oxidation sites excluding steroid dienone is 6. The highest BCUT2D eigenvalue weighted by molar-refractivity contribution is 5.99. The Bertz CT molecular complexity index is 791. The Morgan fingerprint density at radius 3 is 2.12 bits per heavy atom. The number of hydrogen-bond donors (Lipinski definition) is 0. The van der Waals surface area contributed by atoms with Crippen LogP contribution in [0.2, 0.25) is 0 Å². The fraction of sp³-hybridized carbons (Fsp3) is 0.125. The van der Waals surface area contributed by atoms with Crippen LogP contribution < -0.4 is 0 Å². The molecule has 0 amide bonds. The maximum atomic E-state index is 4.85. The van der Waals surface area contributed by atoms with Crippen LogP contribution in [-0.4, -0.2) is 5.71 Å². The molecule has 0 N–H and O–H groups in total. The Morgan fingerprint density at radius 1 is 0.920 bits per heavy atom. The van der Waals surface area contributed by atoms with Gasteiger partial charge in [0.1, 0.15) is 0 Å². The van der Waals surface area contributed by atoms with Crippen molar-refractivity contribution in [2.75, 3.05) is 0 Å². The minimum atomic E-state index is 0.764. The second-order valence-corrected chi connectivity index (χ2v) is 5.75. The van der Waals surface area contributed by atoms with Crippen LogP contribution in [0.5, 0.6) is 0 Å². The van der Waals surface area contributed by atoms with Crippen LogP contribution in [0.15, 0.2) is 108 Å². The fourth-order valence-electron chi connectivity index (χ4n) is 2.41. The monoisotopic (exact) mass is 327 g/mol. The molecule has 0 heterocycles. The van der Waals surface area contributed by atoms with Gasteiger partial charge in [0.05, 0.1) is 0 Å². The fourth-order valence-corrected chi connectivity index (χ4v) is 2.41. The molecular formula is C24H25N. The molecular weight excluding hydrogens is 302 g/mol. The number of benzene rings is 2. The molecule has 0 atom stereocenters. The van der Waals surface area contributed by atoms with Crippen LogP contribution in [0.3, 0.4) is 0 Å². The minimum Gasteiger partial charge on any atom is -0.257 e. The van der Waals surface area contributed by atoms with E-state index >= 15 is 0 Å². The van der Waals surface area contributed by atoms with Crippen molar-refractivity contribution >= 4 is 11.3 Å². The van der Waals surface area contributed by atoms with Crippen LogP contribution in [0.1, 0.15) is 31.4 Å². The quantitative estimate of drug-likeness (QED) is 0.400. The molecule has 0 aliphatic heterocycles. The molecule has 0 fully saturated rings. The Hall–Kier alpha value is -2.93. The molecule has 126 valence electrons. The molecule has 0 saturated carbocycles. The van der Waals surface area contributed by atoms with Crippen molar-refractivity contribution in [1.82, 2.24) is 0 Å². The summed E-state index contributed by atoms with van der Waals surface area (Å²) in [7, 11) is 0. The Kier molecular flexibility index (Phi) is 7.40. The Balaban J connectivity index is 2.29. The van der Waals surface area contributed by atoms with Gasteiger partial charge in [0.25, 0.3) is 0 Å². The lowest BCUT2D eigenvalue weighted by Crippen LogP contribution is -1.95. The van der Waals surface area contributed by atoms with E-state index in [9.17, 15) is 0 Å². The highest BCUT2D eigenvalue weighted by Crippen LogP contribution is 2.18. The topological polar surface area (TPSA) is 12.4 Å². The number of hydrogen-bond acceptors (Lipinski definition) is 1. The third-order valence-corrected chi connectivity index (χ3v) is 3.75. The van der Waals surface area contributed by atoms with Crippen molar-refractivity contribution in [2.45, 2.75) is 20.3 Å². The lowest BCUT2D eigenvalue weighted by molar-refractivity contribution is 1.16. The zero-order valence-corrected chi connectivity index (χ0v) is 15.0. The number of rotatable bonds is 7. The first kappa shape index (κ1) is 18.4. The van der Waals surface area contributed by atoms with E-state index in [4.69, 9.17) is 4.99 Å². The Morgan fingerprint density at radius 2 is 1.52 bits per heavy atom. The predicted molar refractivity (Wildman–Crippen MR) is 111 cm³/mol. The van der Waals surface area contributed by atoms with Gasteiger partial charge in [0.2, 0.25) is 0 Å². The molecule has 0 bridgehead atoms. The van der Waals surface area contributed by atoms with Crippen molar-refractivity contribution in [3.63, 3.8) is 0 Å². The van der Waals surface area contributed by atoms with E-state index in [0.29, 0.717) is 0 Å². The standard InChI is InChI=1S/C24H25N/c1-4-5-6-13-18-24(19-20(2)22-14-9-7-10-15-22)25-21(3)23-16-11-8-12-17-23/h4-17,19H,2,18H2,1,3H3/b5-4-,13-6-,24-19-,25-21?. The predicted octanol–water partition coefficient (Wildman–Crippen LogP) is 6.62. The zero-order chi connectivity index (χ0) is 17.9. The van der Waals surface area contributed by atoms with Gasteiger partial charge in [-0.05, 0) is 36.6 Å². The van der Waals surface area contributed by atoms with Gasteiger partial charge in [-0.1, -0.05) is 91.5 Å². The summed E-state index contributed by atoms with van der Waals surface area (Å²) >= 11 is 0. The largest absolute Gasteiger partial charge is 0.257 e. The van der Waals surface area contributed by atoms with Crippen molar-refractivity contribution in [3.8, 4) is 0 Å². The molecule has 1 heteroatoms. The van der Waals surface area contributed by atoms with E-state index in [1.54, 1.807) is 0 Å². The summed E-state index contributed by atoms with van der Waals surface area (Å²) in [6.07, 6.45) is 11.0. The first-order chi connectivity index (χ1) is 12.2. The van der Waals surface area contributed by atoms with Crippen LogP contribution in [0, 0.1) is 0 Å². The summed E-state index contributed by atoms with van der Waals surface area (Å²) in [5, 5.41) is 0. The summed E-state index contributed by atoms with van der Waals surface area (Å²) in [4.78, 5) is 4.85. The smallest absolute Gasteiger partial charge is 0.0450 e. The zero-order valence-electron chi connectivity index (χ0n) is 15.0. The molecule has 0 aromatic heterocycles. The van der Waals surface area contributed by atoms with Gasteiger partial charge < -0.3 is 0 Å². The van der Waals surface area contributed by atoms with E-state index in [1.807, 2.05) is 68.5 Å². The average molecular weight is 327 g/mol. The van der Waals surface area contributed by atoms with Crippen molar-refractivity contribution in [3.05, 3.63) is 114 Å². The Labute approximate surface area is 151 Å². The SMILES string of the molecule is C=C(/C=C(/C/C=C\C=C/C)N=C(C)c1ccccc1)c1ccccc1. The molecule has 0 unspecified atom stereocenters. The van der Waals surface area contributed by atoms with Gasteiger partial charge in [-0.25, -0.2) is 0 Å². The molecule has 0 radical (unpaired) electrons. The van der Waals surface area contributed by atoms with Gasteiger partial charge in [-0.2, -0.15) is 0 Å². The summed E-state index contributed by atoms with van der Waals surface area (Å²) in [5.41, 5.74) is 5.23. The van der Waals surface area contributed by atoms with E-state index < -0.39 is 0 Å². The highest BCUT2D eigenvalue weighted by atomic mass is 14.8. The number of aliphatic imine (C=N–C) groups is 1. The average Bonchev–Trinajstić information content (AvgIpc) is 2.66. The first-order valence-corrected chi connectivity index (χ1v) is 8.54. The van der Waals surface area contributed by atoms with Crippen molar-refractivity contribution in [1.29, 1.82) is 0 Å². The van der Waals surface area contributed by atoms with Crippen molar-refractivity contribution in [2.24, 2.45) is 4.99 Å². The molecule has 0 saturated heterocycles. The summed E-state index contributed by atoms with van der Waals surface area (Å²) < 4.78 is 0. The molecule has 2 aromatic carbocycles. The summed E-state index contributed by atoms with van der Waals surface area (Å²) in [5.74, 6) is 0. The summed E-state index contributed by atoms with van der Waals surface area (Å²) in [6, 6.07) is 20.5. The maximum absolute atomic E-state index is 4.85. The van der Waals surface area contributed by atoms with E-state index in [0.717, 1.165) is 34.5 Å². The third kappa shape index (κ3) is 6.23. The molecule has 0 spiro atoms. The van der Waals surface area contributed by atoms with E-state index in [2.05, 4.69) is 43.0 Å². The van der Waals surface area contributed by atoms with E-state index in [-0.39, 0.29) is 0 Å². The second-order valence-electron chi connectivity index (χ2n) is 5.75. The van der Waals surface area contributed by atoms with Crippen LogP contribution in [-0.2, 0) is 0 Å². The van der Waals surface area contributed by atoms with Crippen LogP contribution in [0.4, 0.5) is 0 Å². The maximum Gasteiger partial charge on any atom is 0.0450 e. The van der Waals surface area contributed by atoms with Crippen LogP contribution >= 0.6 is 0 Å². The highest BCUT2D eigenvalue weighted by Gasteiger charge is 2.01. The first-order valence-electron chi connectivity index (χ1n) is 8.54. The lowest BCUT2D eigenvalue weighted by Gasteiger charge is -2.06. The summed E-state index contributed by atoms with van der Waals surface area (Å²) in [6.45, 7) is 8.26. The lowest BCUT2D eigenvalue weighted by atomic mass is 10.1. The third-order valence-electron chi connectivity index (χ3n) is 3.75. The minimum absolute atomic E-state index is 0.764. The second kappa shape index (κ2) is 10.0. The molecule has 0 aliphatic rings. The van der Waals surface area contributed by atoms with Gasteiger partial charge in [0.15, 0.2) is 0 Å². The van der Waals surface area contributed by atoms with Gasteiger partial charge >= 0.3 is 0 Å².